The fourth-order valence-corrected chi connectivity index (χ4v) is 5.19. The Bertz CT molecular complexity index is 1060. The third kappa shape index (κ3) is 5.89. The van der Waals surface area contributed by atoms with Gasteiger partial charge in [-0.1, -0.05) is 19.1 Å². The fraction of sp³-hybridized carbons (Fsp3) is 0.364. The number of thioether (sulfide) groups is 1. The molecule has 1 saturated heterocycles. The van der Waals surface area contributed by atoms with Crippen LogP contribution < -0.4 is 16.2 Å². The maximum Gasteiger partial charge on any atom is 0.255 e. The zero-order chi connectivity index (χ0) is 23.3. The summed E-state index contributed by atoms with van der Waals surface area (Å²) in [6, 6.07) is 13.1. The van der Waals surface area contributed by atoms with Crippen LogP contribution in [0.1, 0.15) is 36.7 Å². The highest BCUT2D eigenvalue weighted by Crippen LogP contribution is 2.23. The summed E-state index contributed by atoms with van der Waals surface area (Å²) in [5, 5.41) is 3.02. The summed E-state index contributed by atoms with van der Waals surface area (Å²) in [5.41, 5.74) is 7.91. The van der Waals surface area contributed by atoms with Gasteiger partial charge in [0.1, 0.15) is 5.50 Å². The van der Waals surface area contributed by atoms with Crippen LogP contribution >= 0.6 is 11.8 Å². The Labute approximate surface area is 193 Å². The van der Waals surface area contributed by atoms with Crippen molar-refractivity contribution in [3.8, 4) is 0 Å². The molecule has 2 atom stereocenters. The number of sulfone groups is 1. The highest BCUT2D eigenvalue weighted by molar-refractivity contribution is 8.00. The first-order valence-electron chi connectivity index (χ1n) is 10.4. The Balaban J connectivity index is 1.59. The summed E-state index contributed by atoms with van der Waals surface area (Å²) in [4.78, 5) is 27.3. The van der Waals surface area contributed by atoms with Gasteiger partial charge < -0.3 is 10.2 Å². The van der Waals surface area contributed by atoms with Gasteiger partial charge in [-0.05, 0) is 55.8 Å². The third-order valence-electron chi connectivity index (χ3n) is 5.07. The smallest absolute Gasteiger partial charge is 0.255 e. The molecule has 2 aromatic carbocycles. The van der Waals surface area contributed by atoms with Gasteiger partial charge in [0.05, 0.1) is 22.4 Å². The van der Waals surface area contributed by atoms with Crippen LogP contribution in [0.5, 0.6) is 0 Å². The summed E-state index contributed by atoms with van der Waals surface area (Å²) in [6.07, 6.45) is 0.118. The van der Waals surface area contributed by atoms with Crippen molar-refractivity contribution in [2.45, 2.75) is 43.0 Å². The van der Waals surface area contributed by atoms with Gasteiger partial charge in [0, 0.05) is 17.8 Å². The second-order valence-corrected chi connectivity index (χ2v) is 11.1. The minimum absolute atomic E-state index is 0.0351. The number of rotatable bonds is 8. The number of nitrogens with one attached hydrogen (secondary N) is 3. The molecule has 3 N–H and O–H groups in total. The van der Waals surface area contributed by atoms with Crippen LogP contribution in [-0.4, -0.2) is 48.3 Å². The summed E-state index contributed by atoms with van der Waals surface area (Å²) in [5.74, 6) is -0.279. The average Bonchev–Trinajstić information content (AvgIpc) is 3.20. The van der Waals surface area contributed by atoms with Crippen LogP contribution in [0.2, 0.25) is 0 Å². The molecule has 0 radical (unpaired) electrons. The number of hydrogen-bond acceptors (Lipinski definition) is 7. The van der Waals surface area contributed by atoms with Crippen LogP contribution in [0.4, 0.5) is 5.69 Å². The molecule has 0 aliphatic carbocycles. The van der Waals surface area contributed by atoms with E-state index in [4.69, 9.17) is 0 Å². The molecule has 2 aromatic rings. The molecule has 2 unspecified atom stereocenters. The minimum Gasteiger partial charge on any atom is -0.326 e. The van der Waals surface area contributed by atoms with Crippen molar-refractivity contribution in [3.63, 3.8) is 0 Å². The van der Waals surface area contributed by atoms with Crippen molar-refractivity contribution in [1.29, 1.82) is 0 Å². The van der Waals surface area contributed by atoms with Crippen molar-refractivity contribution in [2.75, 3.05) is 17.6 Å². The first-order valence-corrected chi connectivity index (χ1v) is 13.0. The Hall–Kier alpha value is -2.40. The average molecular weight is 477 g/mol. The van der Waals surface area contributed by atoms with Gasteiger partial charge >= 0.3 is 0 Å². The SMILES string of the molecule is CCN(C(=O)c1ccc(NC(=O)Cc2ccc(S(=O)(=O)CC)cc2)cc1)C1NNC(C)S1. The Kier molecular flexibility index (Phi) is 7.94. The first-order chi connectivity index (χ1) is 15.2. The molecule has 2 amide bonds. The molecule has 1 aliphatic heterocycles. The standard InChI is InChI=1S/C22H28N4O4S2/c1-4-26(22-25-24-15(3)31-22)21(28)17-8-10-18(11-9-17)23-20(27)14-16-6-12-19(13-7-16)32(29,30)5-2/h6-13,15,22,24-25H,4-5,14H2,1-3H3,(H,23,27). The predicted molar refractivity (Wildman–Crippen MR) is 127 cm³/mol. The number of benzene rings is 2. The molecular formula is C22H28N4O4S2. The summed E-state index contributed by atoms with van der Waals surface area (Å²) >= 11 is 1.63. The molecular weight excluding hydrogens is 448 g/mol. The second-order valence-electron chi connectivity index (χ2n) is 7.36. The maximum absolute atomic E-state index is 12.9. The van der Waals surface area contributed by atoms with E-state index in [0.717, 1.165) is 0 Å². The number of anilines is 1. The summed E-state index contributed by atoms with van der Waals surface area (Å²) in [7, 11) is -3.26. The molecule has 10 heteroatoms. The number of hydrogen-bond donors (Lipinski definition) is 3. The molecule has 1 heterocycles. The van der Waals surface area contributed by atoms with Crippen LogP contribution in [0, 0.1) is 0 Å². The van der Waals surface area contributed by atoms with E-state index in [-0.39, 0.29) is 39.8 Å². The lowest BCUT2D eigenvalue weighted by molar-refractivity contribution is -0.115. The van der Waals surface area contributed by atoms with Gasteiger partial charge in [-0.2, -0.15) is 0 Å². The molecule has 1 fully saturated rings. The first kappa shape index (κ1) is 24.2. The van der Waals surface area contributed by atoms with E-state index < -0.39 is 9.84 Å². The Morgan fingerprint density at radius 3 is 2.22 bits per heavy atom. The molecule has 0 saturated carbocycles. The highest BCUT2D eigenvalue weighted by atomic mass is 32.2. The van der Waals surface area contributed by atoms with Gasteiger partial charge in [-0.3, -0.25) is 9.59 Å². The molecule has 172 valence electrons. The molecule has 32 heavy (non-hydrogen) atoms. The van der Waals surface area contributed by atoms with E-state index in [9.17, 15) is 18.0 Å². The molecule has 8 nitrogen and oxygen atoms in total. The largest absolute Gasteiger partial charge is 0.326 e. The lowest BCUT2D eigenvalue weighted by Crippen LogP contribution is -2.46. The molecule has 0 bridgehead atoms. The Morgan fingerprint density at radius 1 is 1.03 bits per heavy atom. The zero-order valence-electron chi connectivity index (χ0n) is 18.3. The summed E-state index contributed by atoms with van der Waals surface area (Å²) in [6.45, 7) is 6.11. The normalized spacial score (nSPS) is 18.3. The second kappa shape index (κ2) is 10.5. The van der Waals surface area contributed by atoms with E-state index in [1.54, 1.807) is 60.0 Å². The van der Waals surface area contributed by atoms with Crippen molar-refractivity contribution in [3.05, 3.63) is 59.7 Å². The zero-order valence-corrected chi connectivity index (χ0v) is 19.9. The minimum atomic E-state index is -3.26. The molecule has 0 spiro atoms. The van der Waals surface area contributed by atoms with Gasteiger partial charge in [0.25, 0.3) is 5.91 Å². The van der Waals surface area contributed by atoms with Crippen molar-refractivity contribution in [1.82, 2.24) is 15.8 Å². The van der Waals surface area contributed by atoms with E-state index in [2.05, 4.69) is 16.2 Å². The number of amides is 2. The van der Waals surface area contributed by atoms with Gasteiger partial charge in [0.15, 0.2) is 9.84 Å². The van der Waals surface area contributed by atoms with Crippen molar-refractivity contribution < 1.29 is 18.0 Å². The number of hydrazine groups is 1. The monoisotopic (exact) mass is 476 g/mol. The van der Waals surface area contributed by atoms with Crippen LogP contribution in [0.3, 0.4) is 0 Å². The van der Waals surface area contributed by atoms with E-state index in [1.165, 1.54) is 12.1 Å². The topological polar surface area (TPSA) is 108 Å². The van der Waals surface area contributed by atoms with Crippen LogP contribution in [0.25, 0.3) is 0 Å². The number of carbonyl (C=O) groups excluding carboxylic acids is 2. The maximum atomic E-state index is 12.9. The third-order valence-corrected chi connectivity index (χ3v) is 7.98. The van der Waals surface area contributed by atoms with Gasteiger partial charge in [-0.15, -0.1) is 11.8 Å². The summed E-state index contributed by atoms with van der Waals surface area (Å²) < 4.78 is 23.8. The predicted octanol–water partition coefficient (Wildman–Crippen LogP) is 2.59. The quantitative estimate of drug-likeness (QED) is 0.537. The number of carbonyl (C=O) groups is 2. The molecule has 0 aromatic heterocycles. The fourth-order valence-electron chi connectivity index (χ4n) is 3.25. The molecule has 3 rings (SSSR count). The number of nitrogens with zero attached hydrogens (tertiary/aromatic N) is 1. The van der Waals surface area contributed by atoms with E-state index in [1.807, 2.05) is 13.8 Å². The Morgan fingerprint density at radius 2 is 1.69 bits per heavy atom. The lowest BCUT2D eigenvalue weighted by Gasteiger charge is -2.26. The van der Waals surface area contributed by atoms with Gasteiger partial charge in [-0.25, -0.2) is 19.3 Å². The lowest BCUT2D eigenvalue weighted by atomic mass is 10.1. The van der Waals surface area contributed by atoms with Crippen LogP contribution in [-0.2, 0) is 21.1 Å². The van der Waals surface area contributed by atoms with Crippen LogP contribution in [0.15, 0.2) is 53.4 Å². The van der Waals surface area contributed by atoms with E-state index in [0.29, 0.717) is 23.4 Å². The highest BCUT2D eigenvalue weighted by Gasteiger charge is 2.29. The molecule has 1 aliphatic rings. The van der Waals surface area contributed by atoms with Crippen molar-refractivity contribution >= 4 is 39.1 Å². The van der Waals surface area contributed by atoms with Gasteiger partial charge in [0.2, 0.25) is 5.91 Å². The van der Waals surface area contributed by atoms with E-state index >= 15 is 0 Å². The van der Waals surface area contributed by atoms with Crippen molar-refractivity contribution in [2.24, 2.45) is 0 Å².